The van der Waals surface area contributed by atoms with Gasteiger partial charge in [0.15, 0.2) is 0 Å². The molecule has 2 heterocycles. The van der Waals surface area contributed by atoms with Crippen LogP contribution in [-0.2, 0) is 17.8 Å². The Morgan fingerprint density at radius 3 is 2.91 bits per heavy atom. The van der Waals surface area contributed by atoms with Gasteiger partial charge in [-0.25, -0.2) is 9.97 Å². The maximum Gasteiger partial charge on any atom is 0.258 e. The van der Waals surface area contributed by atoms with E-state index in [9.17, 15) is 9.59 Å². The molecular formula is C16H16N4O2S. The highest BCUT2D eigenvalue weighted by Gasteiger charge is 2.07. The Balaban J connectivity index is 1.59. The molecule has 0 radical (unpaired) electrons. The fourth-order valence-electron chi connectivity index (χ4n) is 2.23. The number of rotatable bonds is 5. The molecule has 0 aliphatic rings. The van der Waals surface area contributed by atoms with Crippen molar-refractivity contribution in [3.8, 4) is 0 Å². The van der Waals surface area contributed by atoms with Gasteiger partial charge in [-0.05, 0) is 19.1 Å². The Hall–Kier alpha value is -2.54. The molecule has 1 amide bonds. The van der Waals surface area contributed by atoms with Gasteiger partial charge in [-0.15, -0.1) is 11.3 Å². The van der Waals surface area contributed by atoms with Gasteiger partial charge in [-0.1, -0.05) is 12.1 Å². The number of H-pyrrole nitrogens is 1. The van der Waals surface area contributed by atoms with Crippen LogP contribution in [0.3, 0.4) is 0 Å². The van der Waals surface area contributed by atoms with Crippen LogP contribution < -0.4 is 10.9 Å². The normalized spacial score (nSPS) is 10.8. The Bertz CT molecular complexity index is 900. The second kappa shape index (κ2) is 6.70. The maximum atomic E-state index is 12.0. The van der Waals surface area contributed by atoms with Crippen molar-refractivity contribution < 1.29 is 4.79 Å². The fourth-order valence-corrected chi connectivity index (χ4v) is 2.94. The van der Waals surface area contributed by atoms with Crippen molar-refractivity contribution in [3.63, 3.8) is 0 Å². The predicted molar refractivity (Wildman–Crippen MR) is 89.4 cm³/mol. The average molecular weight is 328 g/mol. The quantitative estimate of drug-likeness (QED) is 0.749. The number of aromatic amines is 1. The van der Waals surface area contributed by atoms with Crippen molar-refractivity contribution in [2.75, 3.05) is 0 Å². The zero-order chi connectivity index (χ0) is 16.2. The van der Waals surface area contributed by atoms with Crippen molar-refractivity contribution in [1.82, 2.24) is 20.3 Å². The van der Waals surface area contributed by atoms with E-state index in [2.05, 4.69) is 20.3 Å². The van der Waals surface area contributed by atoms with Crippen LogP contribution in [0.25, 0.3) is 10.9 Å². The molecule has 0 unspecified atom stereocenters. The lowest BCUT2D eigenvalue weighted by Gasteiger charge is -2.04. The van der Waals surface area contributed by atoms with E-state index in [1.54, 1.807) is 18.2 Å². The summed E-state index contributed by atoms with van der Waals surface area (Å²) in [4.78, 5) is 35.2. The van der Waals surface area contributed by atoms with Crippen molar-refractivity contribution in [2.45, 2.75) is 26.3 Å². The molecule has 7 heteroatoms. The molecule has 0 atom stereocenters. The van der Waals surface area contributed by atoms with Crippen LogP contribution in [0, 0.1) is 6.92 Å². The van der Waals surface area contributed by atoms with E-state index in [4.69, 9.17) is 0 Å². The standard InChI is InChI=1S/C16H16N4O2S/c1-10-9-23-15(18-10)8-17-14(21)7-6-13-19-12-5-3-2-4-11(12)16(22)20-13/h2-5,9H,6-8H2,1H3,(H,17,21)(H,19,20,22). The van der Waals surface area contributed by atoms with E-state index in [0.717, 1.165) is 10.7 Å². The largest absolute Gasteiger partial charge is 0.350 e. The van der Waals surface area contributed by atoms with E-state index >= 15 is 0 Å². The zero-order valence-electron chi connectivity index (χ0n) is 12.6. The van der Waals surface area contributed by atoms with Gasteiger partial charge in [0.1, 0.15) is 10.8 Å². The number of carbonyl (C=O) groups is 1. The van der Waals surface area contributed by atoms with Crippen LogP contribution in [0.1, 0.15) is 22.9 Å². The van der Waals surface area contributed by atoms with E-state index in [1.807, 2.05) is 18.4 Å². The average Bonchev–Trinajstić information content (AvgIpc) is 2.96. The van der Waals surface area contributed by atoms with Gasteiger partial charge in [-0.3, -0.25) is 9.59 Å². The number of aromatic nitrogens is 3. The molecule has 0 aliphatic heterocycles. The number of benzene rings is 1. The molecule has 2 aromatic heterocycles. The third-order valence-electron chi connectivity index (χ3n) is 3.35. The summed E-state index contributed by atoms with van der Waals surface area (Å²) in [7, 11) is 0. The van der Waals surface area contributed by atoms with Crippen molar-refractivity contribution in [1.29, 1.82) is 0 Å². The number of fused-ring (bicyclic) bond motifs is 1. The number of amides is 1. The van der Waals surface area contributed by atoms with Crippen LogP contribution in [0.5, 0.6) is 0 Å². The summed E-state index contributed by atoms with van der Waals surface area (Å²) in [6.07, 6.45) is 0.661. The van der Waals surface area contributed by atoms with Crippen LogP contribution in [0.2, 0.25) is 0 Å². The second-order valence-corrected chi connectivity index (χ2v) is 6.13. The highest BCUT2D eigenvalue weighted by atomic mass is 32.1. The lowest BCUT2D eigenvalue weighted by Crippen LogP contribution is -2.23. The summed E-state index contributed by atoms with van der Waals surface area (Å²) in [6.45, 7) is 2.35. The Morgan fingerprint density at radius 1 is 1.30 bits per heavy atom. The molecule has 0 fully saturated rings. The van der Waals surface area contributed by atoms with E-state index < -0.39 is 0 Å². The SMILES string of the molecule is Cc1csc(CNC(=O)CCc2nc3ccccc3c(=O)[nH]2)n1. The zero-order valence-corrected chi connectivity index (χ0v) is 13.4. The Kier molecular flexibility index (Phi) is 4.47. The van der Waals surface area contributed by atoms with E-state index in [1.165, 1.54) is 11.3 Å². The first-order chi connectivity index (χ1) is 11.1. The van der Waals surface area contributed by atoms with E-state index in [0.29, 0.717) is 29.7 Å². The van der Waals surface area contributed by atoms with Gasteiger partial charge < -0.3 is 10.3 Å². The Labute approximate surface area is 136 Å². The van der Waals surface area contributed by atoms with Crippen molar-refractivity contribution >= 4 is 28.1 Å². The van der Waals surface area contributed by atoms with Gasteiger partial charge in [0.05, 0.1) is 17.4 Å². The molecule has 0 aliphatic carbocycles. The van der Waals surface area contributed by atoms with Gasteiger partial charge >= 0.3 is 0 Å². The summed E-state index contributed by atoms with van der Waals surface area (Å²) in [5.74, 6) is 0.433. The minimum atomic E-state index is -0.177. The van der Waals surface area contributed by atoms with Crippen molar-refractivity contribution in [3.05, 3.63) is 56.5 Å². The van der Waals surface area contributed by atoms with E-state index in [-0.39, 0.29) is 17.9 Å². The first-order valence-corrected chi connectivity index (χ1v) is 8.15. The molecule has 0 saturated heterocycles. The highest BCUT2D eigenvalue weighted by Crippen LogP contribution is 2.09. The second-order valence-electron chi connectivity index (χ2n) is 5.19. The molecular weight excluding hydrogens is 312 g/mol. The molecule has 0 saturated carbocycles. The summed E-state index contributed by atoms with van der Waals surface area (Å²) in [6, 6.07) is 7.15. The molecule has 118 valence electrons. The van der Waals surface area contributed by atoms with Gasteiger partial charge in [0.2, 0.25) is 5.91 Å². The first-order valence-electron chi connectivity index (χ1n) is 7.27. The number of para-hydroxylation sites is 1. The van der Waals surface area contributed by atoms with Crippen LogP contribution in [-0.4, -0.2) is 20.9 Å². The fraction of sp³-hybridized carbons (Fsp3) is 0.250. The van der Waals surface area contributed by atoms with Gasteiger partial charge in [0.25, 0.3) is 5.56 Å². The molecule has 3 aromatic rings. The lowest BCUT2D eigenvalue weighted by atomic mass is 10.2. The minimum Gasteiger partial charge on any atom is -0.350 e. The minimum absolute atomic E-state index is 0.0892. The third kappa shape index (κ3) is 3.81. The number of thiazole rings is 1. The molecule has 0 spiro atoms. The third-order valence-corrected chi connectivity index (χ3v) is 4.32. The monoisotopic (exact) mass is 328 g/mol. The predicted octanol–water partition coefficient (Wildman–Crippen LogP) is 1.94. The summed E-state index contributed by atoms with van der Waals surface area (Å²) >= 11 is 1.52. The number of hydrogen-bond acceptors (Lipinski definition) is 5. The number of nitrogens with zero attached hydrogens (tertiary/aromatic N) is 2. The summed E-state index contributed by atoms with van der Waals surface area (Å²) < 4.78 is 0. The maximum absolute atomic E-state index is 12.0. The van der Waals surface area contributed by atoms with Crippen LogP contribution in [0.15, 0.2) is 34.4 Å². The van der Waals surface area contributed by atoms with Crippen LogP contribution in [0.4, 0.5) is 0 Å². The first kappa shape index (κ1) is 15.4. The topological polar surface area (TPSA) is 87.7 Å². The van der Waals surface area contributed by atoms with Crippen molar-refractivity contribution in [2.24, 2.45) is 0 Å². The highest BCUT2D eigenvalue weighted by molar-refractivity contribution is 7.09. The summed E-state index contributed by atoms with van der Waals surface area (Å²) in [5, 5.41) is 6.21. The lowest BCUT2D eigenvalue weighted by molar-refractivity contribution is -0.121. The molecule has 2 N–H and O–H groups in total. The molecule has 3 rings (SSSR count). The Morgan fingerprint density at radius 2 is 2.13 bits per heavy atom. The number of carbonyl (C=O) groups excluding carboxylic acids is 1. The van der Waals surface area contributed by atoms with Gasteiger partial charge in [-0.2, -0.15) is 0 Å². The molecule has 6 nitrogen and oxygen atoms in total. The van der Waals surface area contributed by atoms with Crippen LogP contribution >= 0.6 is 11.3 Å². The molecule has 23 heavy (non-hydrogen) atoms. The smallest absolute Gasteiger partial charge is 0.258 e. The number of nitrogens with one attached hydrogen (secondary N) is 2. The number of hydrogen-bond donors (Lipinski definition) is 2. The van der Waals surface area contributed by atoms with Gasteiger partial charge in [0, 0.05) is 23.9 Å². The molecule has 0 bridgehead atoms. The number of aryl methyl sites for hydroxylation is 2. The molecule has 1 aromatic carbocycles. The summed E-state index contributed by atoms with van der Waals surface area (Å²) in [5.41, 5.74) is 1.42.